The molecule has 0 aromatic rings. The van der Waals surface area contributed by atoms with Gasteiger partial charge in [-0.15, -0.1) is 0 Å². The lowest BCUT2D eigenvalue weighted by atomic mass is 10.00. The number of Topliss-reactive ketones (excluding diaryl/α,β-unsaturated/α-hetero) is 2. The first-order valence-electron chi connectivity index (χ1n) is 10.9. The van der Waals surface area contributed by atoms with Crippen molar-refractivity contribution in [3.8, 4) is 0 Å². The van der Waals surface area contributed by atoms with Crippen molar-refractivity contribution < 1.29 is 19.2 Å². The van der Waals surface area contributed by atoms with Crippen LogP contribution in [0.5, 0.6) is 0 Å². The van der Waals surface area contributed by atoms with Gasteiger partial charge in [0, 0.05) is 5.92 Å². The zero-order valence-electron chi connectivity index (χ0n) is 18.4. The summed E-state index contributed by atoms with van der Waals surface area (Å²) in [6, 6.07) is -1.48. The van der Waals surface area contributed by atoms with Crippen molar-refractivity contribution in [1.29, 1.82) is 0 Å². The molecule has 0 rings (SSSR count). The molecule has 3 atom stereocenters. The number of hydrogen-bond donors (Lipinski definition) is 2. The Balaban J connectivity index is 5.03. The Labute approximate surface area is 170 Å². The predicted molar refractivity (Wildman–Crippen MR) is 112 cm³/mol. The third-order valence-electron chi connectivity index (χ3n) is 5.01. The molecule has 0 aliphatic carbocycles. The SMILES string of the molecule is CCCCC[C@H](NC(=O)C(=O)[C@H](CCCCC)NC(=O)[C@@H](C)CCC)C(C)=O. The predicted octanol–water partition coefficient (Wildman–Crippen LogP) is 3.71. The number of nitrogens with one attached hydrogen (secondary N) is 2. The molecule has 0 spiro atoms. The first-order chi connectivity index (χ1) is 13.3. The van der Waals surface area contributed by atoms with Gasteiger partial charge in [-0.2, -0.15) is 0 Å². The Hall–Kier alpha value is -1.72. The summed E-state index contributed by atoms with van der Waals surface area (Å²) in [6.45, 7) is 9.37. The Morgan fingerprint density at radius 1 is 0.714 bits per heavy atom. The molecule has 0 aromatic carbocycles. The summed E-state index contributed by atoms with van der Waals surface area (Å²) in [6.07, 6.45) is 8.05. The maximum Gasteiger partial charge on any atom is 0.290 e. The van der Waals surface area contributed by atoms with Crippen molar-refractivity contribution >= 4 is 23.4 Å². The van der Waals surface area contributed by atoms with Gasteiger partial charge in [0.25, 0.3) is 5.91 Å². The molecule has 0 saturated heterocycles. The summed E-state index contributed by atoms with van der Waals surface area (Å²) < 4.78 is 0. The molecule has 0 unspecified atom stereocenters. The first-order valence-corrected chi connectivity index (χ1v) is 10.9. The quantitative estimate of drug-likeness (QED) is 0.307. The number of amides is 2. The molecule has 162 valence electrons. The van der Waals surface area contributed by atoms with Crippen LogP contribution in [-0.4, -0.2) is 35.5 Å². The summed E-state index contributed by atoms with van der Waals surface area (Å²) in [7, 11) is 0. The number of carbonyl (C=O) groups is 4. The lowest BCUT2D eigenvalue weighted by Gasteiger charge is -2.21. The monoisotopic (exact) mass is 396 g/mol. The summed E-state index contributed by atoms with van der Waals surface area (Å²) in [5, 5.41) is 5.35. The van der Waals surface area contributed by atoms with Crippen LogP contribution in [0.3, 0.4) is 0 Å². The molecule has 2 N–H and O–H groups in total. The molecule has 0 aromatic heterocycles. The zero-order valence-corrected chi connectivity index (χ0v) is 18.4. The third kappa shape index (κ3) is 10.6. The van der Waals surface area contributed by atoms with Gasteiger partial charge in [-0.05, 0) is 26.2 Å². The summed E-state index contributed by atoms with van der Waals surface area (Å²) >= 11 is 0. The maximum atomic E-state index is 12.7. The smallest absolute Gasteiger partial charge is 0.290 e. The van der Waals surface area contributed by atoms with Crippen molar-refractivity contribution in [3.05, 3.63) is 0 Å². The van der Waals surface area contributed by atoms with Gasteiger partial charge >= 0.3 is 0 Å². The van der Waals surface area contributed by atoms with Crippen LogP contribution in [0.1, 0.15) is 98.8 Å². The van der Waals surface area contributed by atoms with Crippen LogP contribution in [-0.2, 0) is 19.2 Å². The minimum absolute atomic E-state index is 0.152. The number of ketones is 2. The third-order valence-corrected chi connectivity index (χ3v) is 5.01. The molecule has 6 nitrogen and oxygen atoms in total. The minimum Gasteiger partial charge on any atom is -0.345 e. The van der Waals surface area contributed by atoms with Crippen molar-refractivity contribution in [2.45, 2.75) is 111 Å². The fraction of sp³-hybridized carbons (Fsp3) is 0.818. The molecule has 2 amide bonds. The number of hydrogen-bond acceptors (Lipinski definition) is 4. The van der Waals surface area contributed by atoms with Crippen molar-refractivity contribution in [1.82, 2.24) is 10.6 Å². The summed E-state index contributed by atoms with van der Waals surface area (Å²) in [4.78, 5) is 49.4. The molecule has 0 heterocycles. The second kappa shape index (κ2) is 15.2. The molecule has 28 heavy (non-hydrogen) atoms. The Kier molecular flexibility index (Phi) is 14.3. The van der Waals surface area contributed by atoms with Crippen LogP contribution in [0.15, 0.2) is 0 Å². The lowest BCUT2D eigenvalue weighted by Crippen LogP contribution is -2.51. The van der Waals surface area contributed by atoms with E-state index in [1.165, 1.54) is 6.92 Å². The summed E-state index contributed by atoms with van der Waals surface area (Å²) in [5.74, 6) is -1.99. The van der Waals surface area contributed by atoms with E-state index in [2.05, 4.69) is 24.5 Å². The van der Waals surface area contributed by atoms with Crippen molar-refractivity contribution in [2.75, 3.05) is 0 Å². The van der Waals surface area contributed by atoms with Gasteiger partial charge in [0.15, 0.2) is 5.78 Å². The topological polar surface area (TPSA) is 92.3 Å². The Morgan fingerprint density at radius 2 is 1.25 bits per heavy atom. The fourth-order valence-corrected chi connectivity index (χ4v) is 3.11. The standard InChI is InChI=1S/C22H40N2O4/c1-6-9-11-14-18(17(5)25)23-22(28)20(26)19(15-12-10-7-2)24-21(27)16(4)13-8-3/h16,18-19H,6-15H2,1-5H3,(H,23,28)(H,24,27)/t16-,18-,19-/m0/s1. The number of unbranched alkanes of at least 4 members (excludes halogenated alkanes) is 4. The molecule has 0 aliphatic rings. The molecule has 0 bridgehead atoms. The molecule has 0 radical (unpaired) electrons. The van der Waals surface area contributed by atoms with E-state index < -0.39 is 23.8 Å². The average Bonchev–Trinajstić information content (AvgIpc) is 2.65. The average molecular weight is 397 g/mol. The zero-order chi connectivity index (χ0) is 21.5. The van der Waals surface area contributed by atoms with E-state index in [1.54, 1.807) is 0 Å². The van der Waals surface area contributed by atoms with E-state index in [4.69, 9.17) is 0 Å². The van der Waals surface area contributed by atoms with Gasteiger partial charge < -0.3 is 10.6 Å². The van der Waals surface area contributed by atoms with E-state index in [0.29, 0.717) is 12.8 Å². The summed E-state index contributed by atoms with van der Waals surface area (Å²) in [5.41, 5.74) is 0. The van der Waals surface area contributed by atoms with E-state index >= 15 is 0 Å². The molecule has 6 heteroatoms. The Bertz CT molecular complexity index is 505. The van der Waals surface area contributed by atoms with Crippen LogP contribution in [0.4, 0.5) is 0 Å². The van der Waals surface area contributed by atoms with Crippen LogP contribution >= 0.6 is 0 Å². The number of rotatable bonds is 16. The lowest BCUT2D eigenvalue weighted by molar-refractivity contribution is -0.141. The Morgan fingerprint density at radius 3 is 1.71 bits per heavy atom. The molecular formula is C22H40N2O4. The highest BCUT2D eigenvalue weighted by Gasteiger charge is 2.29. The number of carbonyl (C=O) groups excluding carboxylic acids is 4. The normalized spacial score (nSPS) is 14.0. The van der Waals surface area contributed by atoms with E-state index in [0.717, 1.165) is 51.4 Å². The van der Waals surface area contributed by atoms with E-state index in [-0.39, 0.29) is 17.6 Å². The highest BCUT2D eigenvalue weighted by molar-refractivity contribution is 6.38. The van der Waals surface area contributed by atoms with Crippen LogP contribution in [0.2, 0.25) is 0 Å². The maximum absolute atomic E-state index is 12.7. The van der Waals surface area contributed by atoms with Gasteiger partial charge in [0.1, 0.15) is 0 Å². The molecule has 0 fully saturated rings. The van der Waals surface area contributed by atoms with Crippen LogP contribution in [0.25, 0.3) is 0 Å². The molecule has 0 saturated carbocycles. The second-order valence-electron chi connectivity index (χ2n) is 7.74. The van der Waals surface area contributed by atoms with Gasteiger partial charge in [-0.1, -0.05) is 72.6 Å². The van der Waals surface area contributed by atoms with Gasteiger partial charge in [-0.3, -0.25) is 19.2 Å². The fourth-order valence-electron chi connectivity index (χ4n) is 3.11. The van der Waals surface area contributed by atoms with E-state index in [9.17, 15) is 19.2 Å². The molecule has 0 aliphatic heterocycles. The van der Waals surface area contributed by atoms with Crippen LogP contribution in [0, 0.1) is 5.92 Å². The second-order valence-corrected chi connectivity index (χ2v) is 7.74. The van der Waals surface area contributed by atoms with E-state index in [1.807, 2.05) is 13.8 Å². The highest BCUT2D eigenvalue weighted by atomic mass is 16.2. The van der Waals surface area contributed by atoms with Gasteiger partial charge in [0.05, 0.1) is 12.1 Å². The minimum atomic E-state index is -0.832. The van der Waals surface area contributed by atoms with Gasteiger partial charge in [0.2, 0.25) is 11.7 Å². The largest absolute Gasteiger partial charge is 0.345 e. The van der Waals surface area contributed by atoms with Crippen LogP contribution < -0.4 is 10.6 Å². The van der Waals surface area contributed by atoms with Gasteiger partial charge in [-0.25, -0.2) is 0 Å². The van der Waals surface area contributed by atoms with Crippen molar-refractivity contribution in [2.24, 2.45) is 5.92 Å². The highest BCUT2D eigenvalue weighted by Crippen LogP contribution is 2.10. The molecular weight excluding hydrogens is 356 g/mol. The first kappa shape index (κ1) is 26.3. The van der Waals surface area contributed by atoms with Crippen molar-refractivity contribution in [3.63, 3.8) is 0 Å².